The van der Waals surface area contributed by atoms with Crippen LogP contribution >= 0.6 is 35.6 Å². The maximum Gasteiger partial charge on any atom is 0.0469 e. The fourth-order valence-corrected chi connectivity index (χ4v) is 2.20. The van der Waals surface area contributed by atoms with Crippen molar-refractivity contribution < 1.29 is 0 Å². The highest BCUT2D eigenvalue weighted by atomic mass is 35.5. The van der Waals surface area contributed by atoms with Gasteiger partial charge in [0.15, 0.2) is 0 Å². The summed E-state index contributed by atoms with van der Waals surface area (Å²) >= 11 is 11.9. The monoisotopic (exact) mass is 266 g/mol. The Morgan fingerprint density at radius 2 is 2.00 bits per heavy atom. The number of benzene rings is 1. The van der Waals surface area contributed by atoms with Crippen molar-refractivity contribution in [1.82, 2.24) is 10.6 Å². The van der Waals surface area contributed by atoms with Crippen LogP contribution in [0.4, 0.5) is 0 Å². The summed E-state index contributed by atoms with van der Waals surface area (Å²) in [6, 6.07) is 5.94. The van der Waals surface area contributed by atoms with Gasteiger partial charge in [-0.1, -0.05) is 29.3 Å². The molecule has 1 heterocycles. The second-order valence-electron chi connectivity index (χ2n) is 3.38. The zero-order valence-corrected chi connectivity index (χ0v) is 10.4. The van der Waals surface area contributed by atoms with Crippen LogP contribution in [0, 0.1) is 0 Å². The molecule has 1 aliphatic heterocycles. The molecule has 5 heteroatoms. The van der Waals surface area contributed by atoms with Crippen LogP contribution in [0.1, 0.15) is 11.6 Å². The third-order valence-electron chi connectivity index (χ3n) is 2.38. The highest BCUT2D eigenvalue weighted by Gasteiger charge is 2.16. The lowest BCUT2D eigenvalue weighted by Crippen LogP contribution is -2.42. The van der Waals surface area contributed by atoms with Gasteiger partial charge in [0.25, 0.3) is 0 Å². The zero-order chi connectivity index (χ0) is 9.97. The Morgan fingerprint density at radius 1 is 1.20 bits per heavy atom. The quantitative estimate of drug-likeness (QED) is 0.817. The maximum atomic E-state index is 6.11. The predicted octanol–water partition coefficient (Wildman–Crippen LogP) is 2.65. The summed E-state index contributed by atoms with van der Waals surface area (Å²) in [4.78, 5) is 0. The Balaban J connectivity index is 0.00000112. The molecule has 2 N–H and O–H groups in total. The van der Waals surface area contributed by atoms with Gasteiger partial charge in [-0.2, -0.15) is 0 Å². The summed E-state index contributed by atoms with van der Waals surface area (Å²) < 4.78 is 0. The smallest absolute Gasteiger partial charge is 0.0469 e. The third kappa shape index (κ3) is 3.23. The second-order valence-corrected chi connectivity index (χ2v) is 4.22. The molecular weight excluding hydrogens is 254 g/mol. The molecule has 2 nitrogen and oxygen atoms in total. The van der Waals surface area contributed by atoms with Crippen LogP contribution in [0.3, 0.4) is 0 Å². The summed E-state index contributed by atoms with van der Waals surface area (Å²) in [5.74, 6) is 0. The third-order valence-corrected chi connectivity index (χ3v) is 2.94. The average molecular weight is 268 g/mol. The first-order valence-electron chi connectivity index (χ1n) is 4.66. The largest absolute Gasteiger partial charge is 0.314 e. The van der Waals surface area contributed by atoms with Crippen LogP contribution in [0.2, 0.25) is 10.0 Å². The lowest BCUT2D eigenvalue weighted by molar-refractivity contribution is 0.430. The van der Waals surface area contributed by atoms with E-state index in [1.165, 1.54) is 0 Å². The fraction of sp³-hybridized carbons (Fsp3) is 0.400. The summed E-state index contributed by atoms with van der Waals surface area (Å²) in [6.07, 6.45) is 0. The molecule has 15 heavy (non-hydrogen) atoms. The molecule has 0 amide bonds. The molecule has 0 aromatic heterocycles. The van der Waals surface area contributed by atoms with E-state index in [9.17, 15) is 0 Å². The lowest BCUT2D eigenvalue weighted by Gasteiger charge is -2.25. The van der Waals surface area contributed by atoms with E-state index in [0.29, 0.717) is 11.1 Å². The van der Waals surface area contributed by atoms with Gasteiger partial charge in [0, 0.05) is 35.7 Å². The van der Waals surface area contributed by atoms with E-state index in [1.807, 2.05) is 12.1 Å². The molecule has 0 aliphatic carbocycles. The minimum Gasteiger partial charge on any atom is -0.314 e. The van der Waals surface area contributed by atoms with Crippen molar-refractivity contribution in [2.75, 3.05) is 19.6 Å². The van der Waals surface area contributed by atoms with Crippen molar-refractivity contribution in [1.29, 1.82) is 0 Å². The molecule has 1 fully saturated rings. The van der Waals surface area contributed by atoms with Crippen molar-refractivity contribution in [2.45, 2.75) is 6.04 Å². The van der Waals surface area contributed by atoms with E-state index < -0.39 is 0 Å². The standard InChI is InChI=1S/C10H12Cl2N2.ClH/c11-7-1-2-8(9(12)5-7)10-6-13-3-4-14-10;/h1-2,5,10,13-14H,3-4,6H2;1H/t10-;/m0./s1. The van der Waals surface area contributed by atoms with E-state index in [4.69, 9.17) is 23.2 Å². The molecule has 84 valence electrons. The van der Waals surface area contributed by atoms with Crippen molar-refractivity contribution in [3.05, 3.63) is 33.8 Å². The van der Waals surface area contributed by atoms with Gasteiger partial charge in [0.2, 0.25) is 0 Å². The normalized spacial score (nSPS) is 20.8. The molecule has 1 aromatic rings. The number of hydrogen-bond acceptors (Lipinski definition) is 2. The van der Waals surface area contributed by atoms with Crippen molar-refractivity contribution in [2.24, 2.45) is 0 Å². The van der Waals surface area contributed by atoms with E-state index >= 15 is 0 Å². The SMILES string of the molecule is Cl.Clc1ccc([C@@H]2CNCCN2)c(Cl)c1. The minimum absolute atomic E-state index is 0. The molecule has 1 aromatic carbocycles. The number of nitrogens with one attached hydrogen (secondary N) is 2. The van der Waals surface area contributed by atoms with Gasteiger partial charge in [-0.15, -0.1) is 12.4 Å². The predicted molar refractivity (Wildman–Crippen MR) is 67.3 cm³/mol. The first-order chi connectivity index (χ1) is 6.77. The van der Waals surface area contributed by atoms with Crippen molar-refractivity contribution in [3.8, 4) is 0 Å². The maximum absolute atomic E-state index is 6.11. The highest BCUT2D eigenvalue weighted by Crippen LogP contribution is 2.26. The first-order valence-corrected chi connectivity index (χ1v) is 5.42. The molecule has 1 atom stereocenters. The number of hydrogen-bond donors (Lipinski definition) is 2. The average Bonchev–Trinajstić information content (AvgIpc) is 2.19. The Labute approximate surface area is 106 Å². The van der Waals surface area contributed by atoms with Gasteiger partial charge in [-0.05, 0) is 17.7 Å². The Morgan fingerprint density at radius 3 is 2.60 bits per heavy atom. The Hall–Kier alpha value is 0.01000. The molecular formula is C10H13Cl3N2. The lowest BCUT2D eigenvalue weighted by atomic mass is 10.1. The van der Waals surface area contributed by atoms with Gasteiger partial charge in [-0.3, -0.25) is 0 Å². The van der Waals surface area contributed by atoms with Crippen LogP contribution < -0.4 is 10.6 Å². The van der Waals surface area contributed by atoms with E-state index in [-0.39, 0.29) is 12.4 Å². The van der Waals surface area contributed by atoms with Crippen LogP contribution in [-0.4, -0.2) is 19.6 Å². The van der Waals surface area contributed by atoms with Crippen LogP contribution in [0.25, 0.3) is 0 Å². The number of halogens is 3. The number of piperazine rings is 1. The topological polar surface area (TPSA) is 24.1 Å². The second kappa shape index (κ2) is 5.92. The highest BCUT2D eigenvalue weighted by molar-refractivity contribution is 6.35. The van der Waals surface area contributed by atoms with Gasteiger partial charge >= 0.3 is 0 Å². The van der Waals surface area contributed by atoms with Crippen LogP contribution in [0.5, 0.6) is 0 Å². The molecule has 0 spiro atoms. The minimum atomic E-state index is 0. The molecule has 2 rings (SSSR count). The van der Waals surface area contributed by atoms with E-state index in [1.54, 1.807) is 6.07 Å². The summed E-state index contributed by atoms with van der Waals surface area (Å²) in [5, 5.41) is 8.14. The van der Waals surface area contributed by atoms with E-state index in [0.717, 1.165) is 30.2 Å². The zero-order valence-electron chi connectivity index (χ0n) is 8.09. The fourth-order valence-electron chi connectivity index (χ4n) is 1.66. The van der Waals surface area contributed by atoms with Crippen LogP contribution in [0.15, 0.2) is 18.2 Å². The summed E-state index contributed by atoms with van der Waals surface area (Å²) in [5.41, 5.74) is 1.11. The van der Waals surface area contributed by atoms with Crippen LogP contribution in [-0.2, 0) is 0 Å². The van der Waals surface area contributed by atoms with Gasteiger partial charge in [0.05, 0.1) is 0 Å². The Kier molecular flexibility index (Phi) is 5.16. The van der Waals surface area contributed by atoms with Gasteiger partial charge in [0.1, 0.15) is 0 Å². The first kappa shape index (κ1) is 13.1. The van der Waals surface area contributed by atoms with Gasteiger partial charge in [-0.25, -0.2) is 0 Å². The van der Waals surface area contributed by atoms with Crippen molar-refractivity contribution >= 4 is 35.6 Å². The summed E-state index contributed by atoms with van der Waals surface area (Å²) in [7, 11) is 0. The molecule has 0 saturated carbocycles. The summed E-state index contributed by atoms with van der Waals surface area (Å²) in [6.45, 7) is 2.91. The van der Waals surface area contributed by atoms with Gasteiger partial charge < -0.3 is 10.6 Å². The molecule has 0 unspecified atom stereocenters. The molecule has 1 saturated heterocycles. The Bertz CT molecular complexity index is 324. The van der Waals surface area contributed by atoms with E-state index in [2.05, 4.69) is 10.6 Å². The number of rotatable bonds is 1. The molecule has 0 bridgehead atoms. The molecule has 0 radical (unpaired) electrons. The molecule has 1 aliphatic rings. The van der Waals surface area contributed by atoms with Crippen molar-refractivity contribution in [3.63, 3.8) is 0 Å².